The Labute approximate surface area is 198 Å². The summed E-state index contributed by atoms with van der Waals surface area (Å²) in [6.07, 6.45) is 0. The largest absolute Gasteiger partial charge is 0.480 e. The number of ether oxygens (including phenoxy) is 1. The first-order chi connectivity index (χ1) is 16.5. The molecule has 2 N–H and O–H groups in total. The molecule has 0 fully saturated rings. The van der Waals surface area contributed by atoms with Crippen molar-refractivity contribution in [2.75, 3.05) is 13.7 Å². The molecule has 3 aromatic carbocycles. The van der Waals surface area contributed by atoms with Crippen molar-refractivity contribution < 1.29 is 19.2 Å². The maximum Gasteiger partial charge on any atom is 0.317 e. The fraction of sp³-hybridized carbons (Fsp3) is 0.222. The van der Waals surface area contributed by atoms with E-state index in [0.29, 0.717) is 18.3 Å². The Morgan fingerprint density at radius 3 is 2.50 bits per heavy atom. The molecule has 0 spiro atoms. The zero-order valence-electron chi connectivity index (χ0n) is 19.4. The van der Waals surface area contributed by atoms with Crippen LogP contribution in [0.4, 0.5) is 0 Å². The first-order valence-corrected chi connectivity index (χ1v) is 11.0. The van der Waals surface area contributed by atoms with Gasteiger partial charge in [-0.05, 0) is 53.8 Å². The fourth-order valence-electron chi connectivity index (χ4n) is 3.88. The van der Waals surface area contributed by atoms with Gasteiger partial charge in [0.1, 0.15) is 0 Å². The lowest BCUT2D eigenvalue weighted by Gasteiger charge is -2.12. The molecule has 4 aromatic rings. The molecule has 0 aliphatic rings. The van der Waals surface area contributed by atoms with Crippen molar-refractivity contribution in [1.82, 2.24) is 15.5 Å². The van der Waals surface area contributed by atoms with Crippen molar-refractivity contribution in [1.29, 1.82) is 0 Å². The molecular formula is C27H27N3O4. The lowest BCUT2D eigenvalue weighted by atomic mass is 9.94. The van der Waals surface area contributed by atoms with E-state index < -0.39 is 5.97 Å². The van der Waals surface area contributed by atoms with Gasteiger partial charge in [0, 0.05) is 24.3 Å². The number of methoxy groups -OCH3 is 1. The number of nitrogens with one attached hydrogen (secondary N) is 1. The number of benzene rings is 3. The van der Waals surface area contributed by atoms with E-state index in [4.69, 9.17) is 14.4 Å². The maximum absolute atomic E-state index is 10.8. The summed E-state index contributed by atoms with van der Waals surface area (Å²) in [5.41, 5.74) is 7.14. The van der Waals surface area contributed by atoms with E-state index in [1.54, 1.807) is 7.11 Å². The van der Waals surface area contributed by atoms with Crippen LogP contribution in [0.15, 0.2) is 71.3 Å². The minimum atomic E-state index is -0.886. The van der Waals surface area contributed by atoms with Gasteiger partial charge in [0.15, 0.2) is 0 Å². The van der Waals surface area contributed by atoms with Crippen molar-refractivity contribution in [3.8, 4) is 34.0 Å². The molecule has 0 amide bonds. The Balaban J connectivity index is 1.57. The van der Waals surface area contributed by atoms with Gasteiger partial charge >= 0.3 is 5.97 Å². The molecule has 4 rings (SSSR count). The molecule has 7 heteroatoms. The lowest BCUT2D eigenvalue weighted by molar-refractivity contribution is -0.136. The average Bonchev–Trinajstić information content (AvgIpc) is 3.34. The van der Waals surface area contributed by atoms with E-state index in [9.17, 15) is 4.79 Å². The third-order valence-corrected chi connectivity index (χ3v) is 5.74. The smallest absolute Gasteiger partial charge is 0.317 e. The second-order valence-corrected chi connectivity index (χ2v) is 8.16. The molecule has 1 aromatic heterocycles. The van der Waals surface area contributed by atoms with Crippen LogP contribution in [0.2, 0.25) is 0 Å². The molecule has 34 heavy (non-hydrogen) atoms. The minimum absolute atomic E-state index is 0.0862. The lowest BCUT2D eigenvalue weighted by Crippen LogP contribution is -2.25. The molecular weight excluding hydrogens is 430 g/mol. The number of nitrogens with zero attached hydrogens (tertiary/aromatic N) is 2. The highest BCUT2D eigenvalue weighted by Gasteiger charge is 2.15. The van der Waals surface area contributed by atoms with Crippen molar-refractivity contribution in [3.05, 3.63) is 83.4 Å². The molecule has 0 radical (unpaired) electrons. The van der Waals surface area contributed by atoms with Crippen molar-refractivity contribution >= 4 is 5.97 Å². The first kappa shape index (κ1) is 23.4. The quantitative estimate of drug-likeness (QED) is 0.354. The van der Waals surface area contributed by atoms with E-state index in [1.807, 2.05) is 55.5 Å². The van der Waals surface area contributed by atoms with Gasteiger partial charge < -0.3 is 19.7 Å². The predicted octanol–water partition coefficient (Wildman–Crippen LogP) is 5.26. The number of carbonyl (C=O) groups is 1. The van der Waals surface area contributed by atoms with Crippen LogP contribution < -0.4 is 5.32 Å². The number of rotatable bonds is 9. The van der Waals surface area contributed by atoms with Crippen LogP contribution in [0.5, 0.6) is 0 Å². The predicted molar refractivity (Wildman–Crippen MR) is 130 cm³/mol. The summed E-state index contributed by atoms with van der Waals surface area (Å²) >= 11 is 0. The van der Waals surface area contributed by atoms with Gasteiger partial charge in [0.05, 0.1) is 13.2 Å². The number of hydrogen-bond donors (Lipinski definition) is 2. The van der Waals surface area contributed by atoms with Crippen LogP contribution >= 0.6 is 0 Å². The highest BCUT2D eigenvalue weighted by atomic mass is 16.5. The van der Waals surface area contributed by atoms with E-state index in [0.717, 1.165) is 27.8 Å². The van der Waals surface area contributed by atoms with Gasteiger partial charge in [-0.1, -0.05) is 59.8 Å². The second-order valence-electron chi connectivity index (χ2n) is 8.16. The van der Waals surface area contributed by atoms with E-state index in [2.05, 4.69) is 40.6 Å². The van der Waals surface area contributed by atoms with Crippen molar-refractivity contribution in [2.45, 2.75) is 26.5 Å². The SMILES string of the molecule is COCc1cc(-c2nc(-c3ccc([C@@H](C)NCC(=O)O)cc3)no2)ccc1-c1ccccc1C. The average molecular weight is 458 g/mol. The van der Waals surface area contributed by atoms with Crippen LogP contribution in [-0.2, 0) is 16.1 Å². The number of aryl methyl sites for hydroxylation is 1. The van der Waals surface area contributed by atoms with E-state index in [1.165, 1.54) is 11.1 Å². The Bertz CT molecular complexity index is 1280. The molecule has 0 saturated carbocycles. The topological polar surface area (TPSA) is 97.5 Å². The summed E-state index contributed by atoms with van der Waals surface area (Å²) in [5, 5.41) is 15.9. The Kier molecular flexibility index (Phi) is 7.15. The van der Waals surface area contributed by atoms with Gasteiger partial charge in [-0.3, -0.25) is 4.79 Å². The van der Waals surface area contributed by atoms with Gasteiger partial charge in [-0.15, -0.1) is 0 Å². The van der Waals surface area contributed by atoms with Crippen LogP contribution in [0.25, 0.3) is 34.0 Å². The molecule has 174 valence electrons. The summed E-state index contributed by atoms with van der Waals surface area (Å²) < 4.78 is 11.0. The van der Waals surface area contributed by atoms with Crippen LogP contribution in [0, 0.1) is 6.92 Å². The minimum Gasteiger partial charge on any atom is -0.480 e. The Hall–Kier alpha value is -3.81. The summed E-state index contributed by atoms with van der Waals surface area (Å²) in [6, 6.07) is 21.9. The monoisotopic (exact) mass is 457 g/mol. The first-order valence-electron chi connectivity index (χ1n) is 11.0. The summed E-state index contributed by atoms with van der Waals surface area (Å²) in [7, 11) is 1.68. The molecule has 7 nitrogen and oxygen atoms in total. The van der Waals surface area contributed by atoms with Gasteiger partial charge in [-0.25, -0.2) is 0 Å². The summed E-state index contributed by atoms with van der Waals surface area (Å²) in [4.78, 5) is 15.4. The van der Waals surface area contributed by atoms with Crippen molar-refractivity contribution in [2.24, 2.45) is 0 Å². The van der Waals surface area contributed by atoms with Crippen molar-refractivity contribution in [3.63, 3.8) is 0 Å². The summed E-state index contributed by atoms with van der Waals surface area (Å²) in [6.45, 7) is 4.39. The molecule has 1 atom stereocenters. The summed E-state index contributed by atoms with van der Waals surface area (Å²) in [5.74, 6) is 0.0385. The van der Waals surface area contributed by atoms with Crippen LogP contribution in [0.3, 0.4) is 0 Å². The molecule has 0 saturated heterocycles. The third-order valence-electron chi connectivity index (χ3n) is 5.74. The van der Waals surface area contributed by atoms with Crippen LogP contribution in [-0.4, -0.2) is 34.9 Å². The zero-order valence-corrected chi connectivity index (χ0v) is 19.4. The number of carboxylic acid groups (broad SMARTS) is 1. The molecule has 0 aliphatic carbocycles. The number of aromatic nitrogens is 2. The van der Waals surface area contributed by atoms with Crippen LogP contribution in [0.1, 0.15) is 29.7 Å². The Morgan fingerprint density at radius 1 is 1.06 bits per heavy atom. The molecule has 1 heterocycles. The van der Waals surface area contributed by atoms with Gasteiger partial charge in [0.2, 0.25) is 5.82 Å². The zero-order chi connectivity index (χ0) is 24.1. The standard InChI is InChI=1S/C27H27N3O4/c1-17-6-4-5-7-23(17)24-13-12-21(14-22(24)16-33-3)27-29-26(30-34-27)20-10-8-19(9-11-20)18(2)28-15-25(31)32/h4-14,18,28H,15-16H2,1-3H3,(H,31,32)/t18-/m1/s1. The second kappa shape index (κ2) is 10.4. The molecule has 0 unspecified atom stereocenters. The van der Waals surface area contributed by atoms with E-state index >= 15 is 0 Å². The maximum atomic E-state index is 10.8. The molecule has 0 aliphatic heterocycles. The highest BCUT2D eigenvalue weighted by Crippen LogP contribution is 2.31. The molecule has 0 bridgehead atoms. The number of carboxylic acids is 1. The van der Waals surface area contributed by atoms with Gasteiger partial charge in [0.25, 0.3) is 5.89 Å². The number of hydrogen-bond acceptors (Lipinski definition) is 6. The normalized spacial score (nSPS) is 12.0. The van der Waals surface area contributed by atoms with E-state index in [-0.39, 0.29) is 12.6 Å². The Morgan fingerprint density at radius 2 is 1.79 bits per heavy atom. The fourth-order valence-corrected chi connectivity index (χ4v) is 3.88. The number of aliphatic carboxylic acids is 1. The highest BCUT2D eigenvalue weighted by molar-refractivity contribution is 5.74. The third kappa shape index (κ3) is 5.22. The van der Waals surface area contributed by atoms with Gasteiger partial charge in [-0.2, -0.15) is 4.98 Å².